The van der Waals surface area contributed by atoms with E-state index in [1.165, 1.54) is 13.3 Å². The van der Waals surface area contributed by atoms with Gasteiger partial charge in [0, 0.05) is 20.3 Å². The maximum Gasteiger partial charge on any atom is 0.329 e. The van der Waals surface area contributed by atoms with E-state index in [4.69, 9.17) is 37.4 Å². The first kappa shape index (κ1) is 28.4. The molecule has 2 rings (SSSR count). The summed E-state index contributed by atoms with van der Waals surface area (Å²) in [5.74, 6) is -1.60. The minimum absolute atomic E-state index is 0.223. The van der Waals surface area contributed by atoms with E-state index in [2.05, 4.69) is 37.1 Å². The summed E-state index contributed by atoms with van der Waals surface area (Å²) in [7, 11) is 2.97. The summed E-state index contributed by atoms with van der Waals surface area (Å²) in [6, 6.07) is 8.08. The minimum atomic E-state index is -0.907. The van der Waals surface area contributed by atoms with E-state index in [0.29, 0.717) is 46.1 Å². The number of anilines is 1. The van der Waals surface area contributed by atoms with Crippen LogP contribution in [0.5, 0.6) is 11.5 Å². The monoisotopic (exact) mass is 588 g/mol. The van der Waals surface area contributed by atoms with Crippen molar-refractivity contribution >= 4 is 68.8 Å². The van der Waals surface area contributed by atoms with Crippen LogP contribution in [0.25, 0.3) is 0 Å². The van der Waals surface area contributed by atoms with Gasteiger partial charge >= 0.3 is 11.8 Å². The lowest BCUT2D eigenvalue weighted by molar-refractivity contribution is -0.139. The lowest BCUT2D eigenvalue weighted by Crippen LogP contribution is -2.38. The predicted octanol–water partition coefficient (Wildman–Crippen LogP) is 3.38. The number of hydrazone groups is 1. The summed E-state index contributed by atoms with van der Waals surface area (Å²) in [5.41, 5.74) is 3.02. The topological polar surface area (TPSA) is 127 Å². The van der Waals surface area contributed by atoms with Gasteiger partial charge in [-0.05, 0) is 52.2 Å². The maximum atomic E-state index is 12.3. The molecule has 0 atom stereocenters. The minimum Gasteiger partial charge on any atom is -0.493 e. The SMILES string of the molecule is COCCCNC(=O)C(=O)N/N=C/c1cc(Br)c(OCC(=O)Nc2cccc(Cl)c2Cl)c(OC)c1. The molecule has 0 unspecified atom stereocenters. The van der Waals surface area contributed by atoms with Gasteiger partial charge < -0.3 is 24.8 Å². The van der Waals surface area contributed by atoms with Crippen molar-refractivity contribution < 1.29 is 28.6 Å². The second-order valence-corrected chi connectivity index (χ2v) is 8.41. The molecule has 2 aromatic rings. The first-order chi connectivity index (χ1) is 16.8. The first-order valence-corrected chi connectivity index (χ1v) is 11.7. The lowest BCUT2D eigenvalue weighted by Gasteiger charge is -2.14. The Kier molecular flexibility index (Phi) is 11.8. The van der Waals surface area contributed by atoms with Gasteiger partial charge in [-0.1, -0.05) is 29.3 Å². The van der Waals surface area contributed by atoms with Gasteiger partial charge in [0.05, 0.1) is 33.5 Å². The zero-order chi connectivity index (χ0) is 25.8. The van der Waals surface area contributed by atoms with Gasteiger partial charge in [-0.3, -0.25) is 14.4 Å². The van der Waals surface area contributed by atoms with E-state index in [9.17, 15) is 14.4 Å². The third-order valence-electron chi connectivity index (χ3n) is 4.22. The predicted molar refractivity (Wildman–Crippen MR) is 137 cm³/mol. The second-order valence-electron chi connectivity index (χ2n) is 6.77. The van der Waals surface area contributed by atoms with Crippen molar-refractivity contribution in [3.05, 3.63) is 50.4 Å². The van der Waals surface area contributed by atoms with Gasteiger partial charge in [-0.15, -0.1) is 0 Å². The van der Waals surface area contributed by atoms with E-state index in [1.54, 1.807) is 37.4 Å². The molecule has 188 valence electrons. The number of methoxy groups -OCH3 is 2. The van der Waals surface area contributed by atoms with Crippen LogP contribution >= 0.6 is 39.1 Å². The number of nitrogens with one attached hydrogen (secondary N) is 3. The Labute approximate surface area is 220 Å². The van der Waals surface area contributed by atoms with Crippen LogP contribution in [0.2, 0.25) is 10.0 Å². The van der Waals surface area contributed by atoms with Crippen LogP contribution < -0.4 is 25.5 Å². The molecule has 0 saturated heterocycles. The highest BCUT2D eigenvalue weighted by Gasteiger charge is 2.15. The quantitative estimate of drug-likeness (QED) is 0.160. The van der Waals surface area contributed by atoms with Crippen molar-refractivity contribution in [3.63, 3.8) is 0 Å². The molecule has 3 amide bonds. The molecule has 0 spiro atoms. The average Bonchev–Trinajstić information content (AvgIpc) is 2.83. The van der Waals surface area contributed by atoms with Crippen LogP contribution in [-0.2, 0) is 19.1 Å². The van der Waals surface area contributed by atoms with Crippen molar-refractivity contribution in [2.24, 2.45) is 5.10 Å². The number of hydrogen-bond donors (Lipinski definition) is 3. The molecule has 0 aliphatic rings. The fraction of sp³-hybridized carbons (Fsp3) is 0.273. The zero-order valence-electron chi connectivity index (χ0n) is 18.8. The number of carbonyl (C=O) groups excluding carboxylic acids is 3. The Morgan fingerprint density at radius 1 is 1.14 bits per heavy atom. The van der Waals surface area contributed by atoms with Gasteiger partial charge in [-0.25, -0.2) is 5.43 Å². The zero-order valence-corrected chi connectivity index (χ0v) is 21.9. The molecule has 0 aliphatic heterocycles. The lowest BCUT2D eigenvalue weighted by atomic mass is 10.2. The maximum absolute atomic E-state index is 12.3. The van der Waals surface area contributed by atoms with E-state index >= 15 is 0 Å². The first-order valence-electron chi connectivity index (χ1n) is 10.1. The number of carbonyl (C=O) groups is 3. The normalized spacial score (nSPS) is 10.7. The molecule has 10 nitrogen and oxygen atoms in total. The summed E-state index contributed by atoms with van der Waals surface area (Å²) < 4.78 is 16.3. The molecule has 2 aromatic carbocycles. The summed E-state index contributed by atoms with van der Waals surface area (Å²) in [4.78, 5) is 35.8. The highest BCUT2D eigenvalue weighted by Crippen LogP contribution is 2.36. The molecule has 0 fully saturated rings. The molecular formula is C22H23BrCl2N4O6. The fourth-order valence-corrected chi connectivity index (χ4v) is 3.52. The van der Waals surface area contributed by atoms with Gasteiger partial charge in [0.2, 0.25) is 0 Å². The third kappa shape index (κ3) is 9.02. The largest absolute Gasteiger partial charge is 0.493 e. The molecule has 0 saturated carbocycles. The molecule has 0 aliphatic carbocycles. The standard InChI is InChI=1S/C22H23BrCl2N4O6/c1-33-8-4-7-26-21(31)22(32)29-27-11-13-9-14(23)20(17(10-13)34-2)35-12-18(30)28-16-6-3-5-15(24)19(16)25/h3,5-6,9-11H,4,7-8,12H2,1-2H3,(H,26,31)(H,28,30)(H,29,32)/b27-11+. The molecule has 35 heavy (non-hydrogen) atoms. The van der Waals surface area contributed by atoms with Crippen LogP contribution in [0.15, 0.2) is 39.9 Å². The molecule has 0 heterocycles. The summed E-state index contributed by atoms with van der Waals surface area (Å²) in [6.45, 7) is 0.442. The molecule has 0 radical (unpaired) electrons. The summed E-state index contributed by atoms with van der Waals surface area (Å²) >= 11 is 15.4. The Morgan fingerprint density at radius 3 is 2.63 bits per heavy atom. The Balaban J connectivity index is 1.96. The molecule has 3 N–H and O–H groups in total. The van der Waals surface area contributed by atoms with E-state index in [0.717, 1.165) is 0 Å². The third-order valence-corrected chi connectivity index (χ3v) is 5.63. The van der Waals surface area contributed by atoms with Crippen molar-refractivity contribution in [3.8, 4) is 11.5 Å². The average molecular weight is 590 g/mol. The van der Waals surface area contributed by atoms with E-state index in [1.807, 2.05) is 0 Å². The van der Waals surface area contributed by atoms with Crippen LogP contribution in [0.4, 0.5) is 5.69 Å². The number of ether oxygens (including phenoxy) is 3. The van der Waals surface area contributed by atoms with Crippen molar-refractivity contribution in [2.45, 2.75) is 6.42 Å². The molecule has 13 heteroatoms. The second kappa shape index (κ2) is 14.5. The summed E-state index contributed by atoms with van der Waals surface area (Å²) in [5, 5.41) is 9.38. The molecular weight excluding hydrogens is 567 g/mol. The van der Waals surface area contributed by atoms with Crippen LogP contribution in [0.1, 0.15) is 12.0 Å². The highest BCUT2D eigenvalue weighted by molar-refractivity contribution is 9.10. The molecule has 0 bridgehead atoms. The number of nitrogens with zero attached hydrogens (tertiary/aromatic N) is 1. The number of benzene rings is 2. The van der Waals surface area contributed by atoms with Crippen LogP contribution in [-0.4, -0.2) is 57.9 Å². The van der Waals surface area contributed by atoms with Gasteiger partial charge in [0.1, 0.15) is 0 Å². The summed E-state index contributed by atoms with van der Waals surface area (Å²) in [6.07, 6.45) is 1.90. The van der Waals surface area contributed by atoms with Crippen molar-refractivity contribution in [2.75, 3.05) is 39.3 Å². The fourth-order valence-electron chi connectivity index (χ4n) is 2.59. The highest BCUT2D eigenvalue weighted by atomic mass is 79.9. The van der Waals surface area contributed by atoms with Crippen molar-refractivity contribution in [1.82, 2.24) is 10.7 Å². The van der Waals surface area contributed by atoms with Crippen LogP contribution in [0, 0.1) is 0 Å². The Morgan fingerprint density at radius 2 is 1.91 bits per heavy atom. The van der Waals surface area contributed by atoms with E-state index < -0.39 is 17.7 Å². The smallest absolute Gasteiger partial charge is 0.329 e. The van der Waals surface area contributed by atoms with E-state index in [-0.39, 0.29) is 17.4 Å². The number of rotatable bonds is 11. The Hall–Kier alpha value is -2.86. The number of hydrogen-bond acceptors (Lipinski definition) is 7. The molecule has 0 aromatic heterocycles. The van der Waals surface area contributed by atoms with Crippen molar-refractivity contribution in [1.29, 1.82) is 0 Å². The van der Waals surface area contributed by atoms with Gasteiger partial charge in [0.25, 0.3) is 5.91 Å². The van der Waals surface area contributed by atoms with Crippen LogP contribution in [0.3, 0.4) is 0 Å². The number of amides is 3. The van der Waals surface area contributed by atoms with Gasteiger partial charge in [-0.2, -0.15) is 5.10 Å². The number of halogens is 3. The Bertz CT molecular complexity index is 1100. The van der Waals surface area contributed by atoms with Gasteiger partial charge in [0.15, 0.2) is 18.1 Å².